The highest BCUT2D eigenvalue weighted by Crippen LogP contribution is 2.34. The van der Waals surface area contributed by atoms with E-state index in [0.29, 0.717) is 28.5 Å². The molecule has 1 atom stereocenters. The molecule has 0 saturated carbocycles. The molecule has 23 heavy (non-hydrogen) atoms. The zero-order valence-corrected chi connectivity index (χ0v) is 12.6. The van der Waals surface area contributed by atoms with Crippen molar-refractivity contribution in [2.24, 2.45) is 0 Å². The smallest absolute Gasteiger partial charge is 0.231 e. The Morgan fingerprint density at radius 2 is 1.96 bits per heavy atom. The van der Waals surface area contributed by atoms with Gasteiger partial charge in [0.25, 0.3) is 0 Å². The van der Waals surface area contributed by atoms with Gasteiger partial charge in [-0.2, -0.15) is 0 Å². The molecule has 2 aromatic rings. The van der Waals surface area contributed by atoms with Gasteiger partial charge in [-0.25, -0.2) is 0 Å². The zero-order valence-electron chi connectivity index (χ0n) is 12.6. The number of fused-ring (bicyclic) bond motifs is 1. The topological polar surface area (TPSA) is 77.0 Å². The van der Waals surface area contributed by atoms with E-state index in [1.807, 2.05) is 0 Å². The van der Waals surface area contributed by atoms with Crippen LogP contribution >= 0.6 is 0 Å². The van der Waals surface area contributed by atoms with Gasteiger partial charge >= 0.3 is 0 Å². The first kappa shape index (κ1) is 15.2. The summed E-state index contributed by atoms with van der Waals surface area (Å²) in [6.07, 6.45) is -0.778. The Hall–Kier alpha value is -2.73. The average molecular weight is 315 g/mol. The average Bonchev–Trinajstić information content (AvgIpc) is 3.01. The van der Waals surface area contributed by atoms with Crippen molar-refractivity contribution in [1.29, 1.82) is 0 Å². The van der Waals surface area contributed by atoms with Gasteiger partial charge in [-0.1, -0.05) is 6.07 Å². The molecule has 0 aromatic heterocycles. The van der Waals surface area contributed by atoms with Gasteiger partial charge in [-0.05, 0) is 42.0 Å². The van der Waals surface area contributed by atoms with Gasteiger partial charge in [0.1, 0.15) is 18.5 Å². The second kappa shape index (κ2) is 6.58. The van der Waals surface area contributed by atoms with Crippen LogP contribution in [0.4, 0.5) is 5.69 Å². The molecule has 1 aliphatic heterocycles. The molecule has 0 spiro atoms. The fourth-order valence-corrected chi connectivity index (χ4v) is 2.23. The minimum absolute atomic E-state index is 0.110. The van der Waals surface area contributed by atoms with Crippen molar-refractivity contribution < 1.29 is 24.1 Å². The minimum atomic E-state index is -0.778. The molecule has 3 rings (SSSR count). The van der Waals surface area contributed by atoms with E-state index in [1.165, 1.54) is 6.92 Å². The van der Waals surface area contributed by atoms with Crippen LogP contribution in [-0.4, -0.2) is 24.4 Å². The fourth-order valence-electron chi connectivity index (χ4n) is 2.23. The summed E-state index contributed by atoms with van der Waals surface area (Å²) < 4.78 is 16.1. The van der Waals surface area contributed by atoms with Crippen LogP contribution in [0.25, 0.3) is 0 Å². The minimum Gasteiger partial charge on any atom is -0.491 e. The number of nitrogens with one attached hydrogen (secondary N) is 1. The van der Waals surface area contributed by atoms with E-state index in [9.17, 15) is 9.90 Å². The number of hydrogen-bond donors (Lipinski definition) is 2. The number of amides is 1. The van der Waals surface area contributed by atoms with Crippen molar-refractivity contribution in [2.75, 3.05) is 18.7 Å². The Bertz CT molecular complexity index is 699. The summed E-state index contributed by atoms with van der Waals surface area (Å²) in [5, 5.41) is 12.9. The molecule has 6 nitrogen and oxygen atoms in total. The van der Waals surface area contributed by atoms with Gasteiger partial charge in [0, 0.05) is 12.6 Å². The number of aliphatic hydroxyl groups is 1. The Balaban J connectivity index is 1.58. The number of anilines is 1. The highest BCUT2D eigenvalue weighted by molar-refractivity contribution is 5.88. The SMILES string of the molecule is CC(=O)Nc1ccc(OCC(O)c2ccc3c(c2)OCO3)cc1. The molecule has 1 aliphatic rings. The maximum absolute atomic E-state index is 11.0. The van der Waals surface area contributed by atoms with Crippen LogP contribution in [0.2, 0.25) is 0 Å². The van der Waals surface area contributed by atoms with Crippen molar-refractivity contribution in [3.05, 3.63) is 48.0 Å². The normalized spacial score (nSPS) is 13.5. The first-order valence-corrected chi connectivity index (χ1v) is 7.20. The summed E-state index contributed by atoms with van der Waals surface area (Å²) in [5.74, 6) is 1.78. The monoisotopic (exact) mass is 315 g/mol. The molecule has 0 aliphatic carbocycles. The van der Waals surface area contributed by atoms with E-state index in [0.717, 1.165) is 0 Å². The van der Waals surface area contributed by atoms with E-state index in [1.54, 1.807) is 42.5 Å². The van der Waals surface area contributed by atoms with E-state index < -0.39 is 6.10 Å². The lowest BCUT2D eigenvalue weighted by Gasteiger charge is -2.13. The van der Waals surface area contributed by atoms with Crippen LogP contribution in [-0.2, 0) is 4.79 Å². The number of hydrogen-bond acceptors (Lipinski definition) is 5. The van der Waals surface area contributed by atoms with E-state index in [-0.39, 0.29) is 19.3 Å². The number of aliphatic hydroxyl groups excluding tert-OH is 1. The molecule has 2 aromatic carbocycles. The van der Waals surface area contributed by atoms with E-state index >= 15 is 0 Å². The lowest BCUT2D eigenvalue weighted by atomic mass is 10.1. The van der Waals surface area contributed by atoms with Gasteiger partial charge in [0.05, 0.1) is 0 Å². The standard InChI is InChI=1S/C17H17NO5/c1-11(19)18-13-3-5-14(6-4-13)21-9-15(20)12-2-7-16-17(8-12)23-10-22-16/h2-8,15,20H,9-10H2,1H3,(H,18,19). The lowest BCUT2D eigenvalue weighted by molar-refractivity contribution is -0.114. The molecule has 1 unspecified atom stereocenters. The molecule has 0 radical (unpaired) electrons. The van der Waals surface area contributed by atoms with Crippen LogP contribution in [0, 0.1) is 0 Å². The summed E-state index contributed by atoms with van der Waals surface area (Å²) in [4.78, 5) is 11.0. The maximum Gasteiger partial charge on any atom is 0.231 e. The first-order chi connectivity index (χ1) is 11.1. The van der Waals surface area contributed by atoms with Crippen molar-refractivity contribution in [1.82, 2.24) is 0 Å². The van der Waals surface area contributed by atoms with Gasteiger partial charge in [-0.3, -0.25) is 4.79 Å². The van der Waals surface area contributed by atoms with Crippen LogP contribution in [0.15, 0.2) is 42.5 Å². The second-order valence-corrected chi connectivity index (χ2v) is 5.15. The van der Waals surface area contributed by atoms with Gasteiger partial charge < -0.3 is 24.6 Å². The molecule has 120 valence electrons. The molecular formula is C17H17NO5. The fraction of sp³-hybridized carbons (Fsp3) is 0.235. The van der Waals surface area contributed by atoms with Crippen molar-refractivity contribution in [3.8, 4) is 17.2 Å². The summed E-state index contributed by atoms with van der Waals surface area (Å²) >= 11 is 0. The Labute approximate surface area is 133 Å². The quantitative estimate of drug-likeness (QED) is 0.886. The molecule has 0 bridgehead atoms. The van der Waals surface area contributed by atoms with Crippen LogP contribution in [0.3, 0.4) is 0 Å². The van der Waals surface area contributed by atoms with Gasteiger partial charge in [0.2, 0.25) is 12.7 Å². The molecule has 0 saturated heterocycles. The maximum atomic E-state index is 11.0. The molecule has 6 heteroatoms. The van der Waals surface area contributed by atoms with Crippen molar-refractivity contribution >= 4 is 11.6 Å². The largest absolute Gasteiger partial charge is 0.491 e. The second-order valence-electron chi connectivity index (χ2n) is 5.15. The van der Waals surface area contributed by atoms with Gasteiger partial charge in [0.15, 0.2) is 11.5 Å². The summed E-state index contributed by atoms with van der Waals surface area (Å²) in [6.45, 7) is 1.76. The number of carbonyl (C=O) groups is 1. The highest BCUT2D eigenvalue weighted by atomic mass is 16.7. The highest BCUT2D eigenvalue weighted by Gasteiger charge is 2.17. The molecule has 1 heterocycles. The summed E-state index contributed by atoms with van der Waals surface area (Å²) in [7, 11) is 0. The molecule has 2 N–H and O–H groups in total. The zero-order chi connectivity index (χ0) is 16.2. The third kappa shape index (κ3) is 3.73. The number of benzene rings is 2. The number of carbonyl (C=O) groups excluding carboxylic acids is 1. The van der Waals surface area contributed by atoms with Crippen LogP contribution < -0.4 is 19.5 Å². The Morgan fingerprint density at radius 1 is 1.22 bits per heavy atom. The number of ether oxygens (including phenoxy) is 3. The number of rotatable bonds is 5. The molecule has 1 amide bonds. The van der Waals surface area contributed by atoms with Crippen LogP contribution in [0.5, 0.6) is 17.2 Å². The molecular weight excluding hydrogens is 298 g/mol. The predicted molar refractivity (Wildman–Crippen MR) is 83.8 cm³/mol. The van der Waals surface area contributed by atoms with E-state index in [2.05, 4.69) is 5.32 Å². The lowest BCUT2D eigenvalue weighted by Crippen LogP contribution is -2.10. The van der Waals surface area contributed by atoms with Crippen LogP contribution in [0.1, 0.15) is 18.6 Å². The Morgan fingerprint density at radius 3 is 2.70 bits per heavy atom. The predicted octanol–water partition coefficient (Wildman–Crippen LogP) is 2.49. The summed E-state index contributed by atoms with van der Waals surface area (Å²) in [5.41, 5.74) is 1.39. The molecule has 0 fully saturated rings. The van der Waals surface area contributed by atoms with Gasteiger partial charge in [-0.15, -0.1) is 0 Å². The third-order valence-electron chi connectivity index (χ3n) is 3.36. The summed E-state index contributed by atoms with van der Waals surface area (Å²) in [6, 6.07) is 12.2. The van der Waals surface area contributed by atoms with E-state index in [4.69, 9.17) is 14.2 Å². The third-order valence-corrected chi connectivity index (χ3v) is 3.36. The first-order valence-electron chi connectivity index (χ1n) is 7.20. The van der Waals surface area contributed by atoms with Crippen molar-refractivity contribution in [3.63, 3.8) is 0 Å². The Kier molecular flexibility index (Phi) is 4.34. The van der Waals surface area contributed by atoms with Crippen molar-refractivity contribution in [2.45, 2.75) is 13.0 Å².